The van der Waals surface area contributed by atoms with Crippen molar-refractivity contribution in [2.75, 3.05) is 27.9 Å². The molecule has 3 aromatic rings. The number of aliphatic hydroxyl groups is 1. The number of fused-ring (bicyclic) bond motifs is 1. The van der Waals surface area contributed by atoms with Crippen LogP contribution in [0.1, 0.15) is 34.4 Å². The lowest BCUT2D eigenvalue weighted by molar-refractivity contribution is 0.0724. The highest BCUT2D eigenvalue weighted by molar-refractivity contribution is 5.85. The lowest BCUT2D eigenvalue weighted by Crippen LogP contribution is -2.38. The SMILES string of the molecule is COc1cc(C2c3ccc(O)cc3C(O)CN2Cc2ccccc2)cc(OC)c1OC.Cl.O. The van der Waals surface area contributed by atoms with E-state index in [9.17, 15) is 10.2 Å². The molecule has 4 N–H and O–H groups in total. The number of β-amino-alcohol motifs (C(OH)–C–C–N with tert-alkyl or cyclic N) is 1. The number of methoxy groups -OCH3 is 3. The van der Waals surface area contributed by atoms with Gasteiger partial charge in [-0.15, -0.1) is 12.4 Å². The minimum Gasteiger partial charge on any atom is -0.508 e. The molecular formula is C25H30ClNO6. The number of hydrogen-bond acceptors (Lipinski definition) is 6. The van der Waals surface area contributed by atoms with Gasteiger partial charge in [-0.3, -0.25) is 4.90 Å². The zero-order chi connectivity index (χ0) is 22.0. The summed E-state index contributed by atoms with van der Waals surface area (Å²) in [7, 11) is 4.77. The van der Waals surface area contributed by atoms with E-state index in [-0.39, 0.29) is 29.7 Å². The van der Waals surface area contributed by atoms with Crippen LogP contribution in [-0.4, -0.2) is 48.5 Å². The first-order valence-corrected chi connectivity index (χ1v) is 10.1. The Morgan fingerprint density at radius 1 is 0.879 bits per heavy atom. The second-order valence-electron chi connectivity index (χ2n) is 7.61. The Hall–Kier alpha value is -2.97. The van der Waals surface area contributed by atoms with Gasteiger partial charge < -0.3 is 29.9 Å². The van der Waals surface area contributed by atoms with Gasteiger partial charge in [-0.2, -0.15) is 0 Å². The molecule has 178 valence electrons. The van der Waals surface area contributed by atoms with Crippen LogP contribution in [0.5, 0.6) is 23.0 Å². The van der Waals surface area contributed by atoms with Gasteiger partial charge in [0, 0.05) is 13.1 Å². The molecule has 2 atom stereocenters. The van der Waals surface area contributed by atoms with Crippen LogP contribution in [-0.2, 0) is 6.54 Å². The molecular weight excluding hydrogens is 446 g/mol. The number of phenols is 1. The van der Waals surface area contributed by atoms with Crippen molar-refractivity contribution in [2.24, 2.45) is 0 Å². The van der Waals surface area contributed by atoms with Crippen LogP contribution in [0.15, 0.2) is 60.7 Å². The van der Waals surface area contributed by atoms with Gasteiger partial charge in [-0.1, -0.05) is 36.4 Å². The predicted octanol–water partition coefficient (Wildman–Crippen LogP) is 3.65. The first-order valence-electron chi connectivity index (χ1n) is 10.1. The molecule has 0 aromatic heterocycles. The lowest BCUT2D eigenvalue weighted by atomic mass is 9.86. The van der Waals surface area contributed by atoms with Crippen LogP contribution < -0.4 is 14.2 Å². The molecule has 0 aliphatic carbocycles. The van der Waals surface area contributed by atoms with Crippen molar-refractivity contribution >= 4 is 12.4 Å². The fraction of sp³-hybridized carbons (Fsp3) is 0.280. The molecule has 0 saturated heterocycles. The van der Waals surface area contributed by atoms with Gasteiger partial charge in [0.15, 0.2) is 11.5 Å². The maximum atomic E-state index is 10.9. The summed E-state index contributed by atoms with van der Waals surface area (Å²) >= 11 is 0. The summed E-state index contributed by atoms with van der Waals surface area (Å²) in [4.78, 5) is 2.22. The van der Waals surface area contributed by atoms with E-state index >= 15 is 0 Å². The number of ether oxygens (including phenoxy) is 3. The molecule has 1 heterocycles. The quantitative estimate of drug-likeness (QED) is 0.564. The van der Waals surface area contributed by atoms with Gasteiger partial charge >= 0.3 is 0 Å². The molecule has 0 saturated carbocycles. The Labute approximate surface area is 199 Å². The van der Waals surface area contributed by atoms with Gasteiger partial charge in [-0.05, 0) is 46.5 Å². The second-order valence-corrected chi connectivity index (χ2v) is 7.61. The highest BCUT2D eigenvalue weighted by Crippen LogP contribution is 2.46. The summed E-state index contributed by atoms with van der Waals surface area (Å²) in [6, 6.07) is 19.0. The van der Waals surface area contributed by atoms with E-state index in [1.165, 1.54) is 0 Å². The Morgan fingerprint density at radius 2 is 1.52 bits per heavy atom. The summed E-state index contributed by atoms with van der Waals surface area (Å²) < 4.78 is 16.6. The van der Waals surface area contributed by atoms with E-state index in [0.717, 1.165) is 22.3 Å². The van der Waals surface area contributed by atoms with Crippen LogP contribution in [0.2, 0.25) is 0 Å². The van der Waals surface area contributed by atoms with Crippen LogP contribution >= 0.6 is 12.4 Å². The first kappa shape index (κ1) is 26.3. The van der Waals surface area contributed by atoms with Crippen molar-refractivity contribution in [2.45, 2.75) is 18.7 Å². The number of aliphatic hydroxyl groups excluding tert-OH is 1. The monoisotopic (exact) mass is 475 g/mol. The topological polar surface area (TPSA) is 103 Å². The zero-order valence-electron chi connectivity index (χ0n) is 18.8. The molecule has 1 aliphatic rings. The molecule has 8 heteroatoms. The van der Waals surface area contributed by atoms with E-state index in [2.05, 4.69) is 17.0 Å². The number of nitrogens with zero attached hydrogens (tertiary/aromatic N) is 1. The minimum atomic E-state index is -0.705. The second kappa shape index (κ2) is 11.2. The summed E-state index contributed by atoms with van der Waals surface area (Å²) in [6.07, 6.45) is -0.705. The number of phenolic OH excluding ortho intramolecular Hbond substituents is 1. The van der Waals surface area contributed by atoms with Crippen molar-refractivity contribution in [3.8, 4) is 23.0 Å². The van der Waals surface area contributed by atoms with E-state index in [4.69, 9.17) is 14.2 Å². The molecule has 0 amide bonds. The molecule has 33 heavy (non-hydrogen) atoms. The molecule has 0 bridgehead atoms. The molecule has 0 radical (unpaired) electrons. The molecule has 1 aliphatic heterocycles. The number of rotatable bonds is 6. The molecule has 0 spiro atoms. The molecule has 7 nitrogen and oxygen atoms in total. The zero-order valence-corrected chi connectivity index (χ0v) is 19.6. The Kier molecular flexibility index (Phi) is 8.96. The van der Waals surface area contributed by atoms with Gasteiger partial charge in [0.25, 0.3) is 0 Å². The maximum Gasteiger partial charge on any atom is 0.203 e. The van der Waals surface area contributed by atoms with Crippen molar-refractivity contribution < 1.29 is 29.9 Å². The third-order valence-corrected chi connectivity index (χ3v) is 5.73. The van der Waals surface area contributed by atoms with E-state index in [1.54, 1.807) is 33.5 Å². The fourth-order valence-corrected chi connectivity index (χ4v) is 4.35. The average Bonchev–Trinajstić information content (AvgIpc) is 2.79. The molecule has 0 fully saturated rings. The summed E-state index contributed by atoms with van der Waals surface area (Å²) in [5.74, 6) is 1.81. The summed E-state index contributed by atoms with van der Waals surface area (Å²) in [6.45, 7) is 1.08. The van der Waals surface area contributed by atoms with Crippen molar-refractivity contribution in [1.82, 2.24) is 4.90 Å². The van der Waals surface area contributed by atoms with Gasteiger partial charge in [0.2, 0.25) is 5.75 Å². The lowest BCUT2D eigenvalue weighted by Gasteiger charge is -2.40. The third kappa shape index (κ3) is 5.17. The van der Waals surface area contributed by atoms with Crippen LogP contribution in [0.4, 0.5) is 0 Å². The highest BCUT2D eigenvalue weighted by atomic mass is 35.5. The standard InChI is InChI=1S/C25H27NO5.ClH.H2O/c1-29-22-11-17(12-23(30-2)25(22)31-3)24-19-10-9-18(27)13-20(19)21(28)15-26(24)14-16-7-5-4-6-8-16;;/h4-13,21,24,27-28H,14-15H2,1-3H3;1H;1H2. The first-order chi connectivity index (χ1) is 15.0. The smallest absolute Gasteiger partial charge is 0.203 e. The van der Waals surface area contributed by atoms with Gasteiger partial charge in [0.05, 0.1) is 33.5 Å². The average molecular weight is 476 g/mol. The van der Waals surface area contributed by atoms with Crippen LogP contribution in [0.25, 0.3) is 0 Å². The van der Waals surface area contributed by atoms with Crippen LogP contribution in [0, 0.1) is 0 Å². The van der Waals surface area contributed by atoms with Crippen LogP contribution in [0.3, 0.4) is 0 Å². The largest absolute Gasteiger partial charge is 0.508 e. The van der Waals surface area contributed by atoms with Crippen molar-refractivity contribution in [3.05, 3.63) is 82.9 Å². The van der Waals surface area contributed by atoms with E-state index < -0.39 is 6.10 Å². The Balaban J connectivity index is 0.00000193. The Bertz CT molecular complexity index is 1040. The normalized spacial score (nSPS) is 17.2. The number of aromatic hydroxyl groups is 1. The van der Waals surface area contributed by atoms with E-state index in [0.29, 0.717) is 30.3 Å². The number of hydrogen-bond donors (Lipinski definition) is 2. The summed E-state index contributed by atoms with van der Waals surface area (Å²) in [5, 5.41) is 20.9. The Morgan fingerprint density at radius 3 is 2.09 bits per heavy atom. The molecule has 4 rings (SSSR count). The minimum absolute atomic E-state index is 0. The fourth-order valence-electron chi connectivity index (χ4n) is 4.35. The van der Waals surface area contributed by atoms with Gasteiger partial charge in [0.1, 0.15) is 5.75 Å². The van der Waals surface area contributed by atoms with Gasteiger partial charge in [-0.25, -0.2) is 0 Å². The third-order valence-electron chi connectivity index (χ3n) is 5.73. The number of benzene rings is 3. The summed E-state index contributed by atoms with van der Waals surface area (Å²) in [5.41, 5.74) is 3.75. The highest BCUT2D eigenvalue weighted by Gasteiger charge is 2.34. The van der Waals surface area contributed by atoms with Crippen molar-refractivity contribution in [3.63, 3.8) is 0 Å². The predicted molar refractivity (Wildman–Crippen MR) is 129 cm³/mol. The molecule has 2 unspecified atom stereocenters. The van der Waals surface area contributed by atoms with E-state index in [1.807, 2.05) is 36.4 Å². The number of halogens is 1. The molecule has 3 aromatic carbocycles. The maximum absolute atomic E-state index is 10.9. The van der Waals surface area contributed by atoms with Crippen molar-refractivity contribution in [1.29, 1.82) is 0 Å².